The fraction of sp³-hybridized carbons (Fsp3) is 0.364. The largest absolute Gasteiger partial charge is 0.383 e. The molecule has 2 aliphatic rings. The van der Waals surface area contributed by atoms with Gasteiger partial charge in [-0.15, -0.1) is 0 Å². The molecule has 3 heterocycles. The first-order chi connectivity index (χ1) is 14.3. The first-order valence-corrected chi connectivity index (χ1v) is 10.1. The molecule has 8 heteroatoms. The molecule has 0 saturated carbocycles. The number of amides is 3. The molecule has 0 aliphatic carbocycles. The number of nitrogens with one attached hydrogen (secondary N) is 2. The highest BCUT2D eigenvalue weighted by molar-refractivity contribution is 6.39. The van der Waals surface area contributed by atoms with Gasteiger partial charge in [-0.2, -0.15) is 0 Å². The standard InChI is InChI=1S/C22H25N5O3/c1-12-3-6-18(14-4-5-17-15(8-14)9-19(28)26-17)27(11-12)22(30)21(29)25-16-7-13(2)20(23)24-10-16/h4-5,7-8,10,12,18H,3,6,9,11H2,1-2H3,(H2,23,24)(H,25,29)(H,26,28)/t12-,18+/m0/s1. The number of hydrogen-bond acceptors (Lipinski definition) is 5. The van der Waals surface area contributed by atoms with E-state index in [2.05, 4.69) is 22.5 Å². The summed E-state index contributed by atoms with van der Waals surface area (Å²) < 4.78 is 0. The van der Waals surface area contributed by atoms with Gasteiger partial charge in [-0.3, -0.25) is 14.4 Å². The molecule has 156 valence electrons. The van der Waals surface area contributed by atoms with Crippen molar-refractivity contribution in [1.82, 2.24) is 9.88 Å². The molecule has 0 unspecified atom stereocenters. The second-order valence-corrected chi connectivity index (χ2v) is 8.18. The molecule has 0 radical (unpaired) electrons. The third-order valence-corrected chi connectivity index (χ3v) is 5.79. The van der Waals surface area contributed by atoms with Crippen LogP contribution in [0, 0.1) is 12.8 Å². The lowest BCUT2D eigenvalue weighted by Crippen LogP contribution is -2.46. The number of anilines is 3. The molecule has 0 spiro atoms. The monoisotopic (exact) mass is 407 g/mol. The van der Waals surface area contributed by atoms with E-state index < -0.39 is 11.8 Å². The third kappa shape index (κ3) is 3.85. The zero-order valence-corrected chi connectivity index (χ0v) is 17.1. The lowest BCUT2D eigenvalue weighted by Gasteiger charge is -2.38. The predicted molar refractivity (Wildman–Crippen MR) is 114 cm³/mol. The quantitative estimate of drug-likeness (QED) is 0.661. The van der Waals surface area contributed by atoms with Gasteiger partial charge in [0.2, 0.25) is 5.91 Å². The fourth-order valence-corrected chi connectivity index (χ4v) is 4.15. The van der Waals surface area contributed by atoms with E-state index in [4.69, 9.17) is 5.73 Å². The van der Waals surface area contributed by atoms with E-state index in [-0.39, 0.29) is 11.9 Å². The van der Waals surface area contributed by atoms with Gasteiger partial charge in [0.1, 0.15) is 5.82 Å². The minimum Gasteiger partial charge on any atom is -0.383 e. The summed E-state index contributed by atoms with van der Waals surface area (Å²) in [6.45, 7) is 4.37. The summed E-state index contributed by atoms with van der Waals surface area (Å²) in [5, 5.41) is 5.46. The number of aromatic nitrogens is 1. The Morgan fingerprint density at radius 3 is 2.83 bits per heavy atom. The van der Waals surface area contributed by atoms with Crippen LogP contribution < -0.4 is 16.4 Å². The molecular formula is C22H25N5O3. The number of rotatable bonds is 2. The Balaban J connectivity index is 1.55. The molecule has 1 fully saturated rings. The van der Waals surface area contributed by atoms with Crippen LogP contribution >= 0.6 is 0 Å². The van der Waals surface area contributed by atoms with Gasteiger partial charge in [0.25, 0.3) is 0 Å². The van der Waals surface area contributed by atoms with E-state index in [0.29, 0.717) is 30.4 Å². The van der Waals surface area contributed by atoms with E-state index in [0.717, 1.165) is 35.2 Å². The average molecular weight is 407 g/mol. The Morgan fingerprint density at radius 2 is 2.07 bits per heavy atom. The van der Waals surface area contributed by atoms with Crippen LogP contribution in [0.2, 0.25) is 0 Å². The average Bonchev–Trinajstić information content (AvgIpc) is 3.09. The summed E-state index contributed by atoms with van der Waals surface area (Å²) in [5.41, 5.74) is 9.57. The van der Waals surface area contributed by atoms with Crippen molar-refractivity contribution in [2.24, 2.45) is 5.92 Å². The molecule has 8 nitrogen and oxygen atoms in total. The number of carbonyl (C=O) groups is 3. The number of nitrogens with zero attached hydrogens (tertiary/aromatic N) is 2. The molecule has 2 aliphatic heterocycles. The number of hydrogen-bond donors (Lipinski definition) is 3. The van der Waals surface area contributed by atoms with Crippen LogP contribution in [-0.4, -0.2) is 34.2 Å². The predicted octanol–water partition coefficient (Wildman–Crippen LogP) is 2.41. The summed E-state index contributed by atoms with van der Waals surface area (Å²) in [7, 11) is 0. The smallest absolute Gasteiger partial charge is 0.313 e. The summed E-state index contributed by atoms with van der Waals surface area (Å²) in [6, 6.07) is 7.26. The van der Waals surface area contributed by atoms with E-state index in [9.17, 15) is 14.4 Å². The van der Waals surface area contributed by atoms with Gasteiger partial charge in [0.05, 0.1) is 24.3 Å². The molecule has 1 aromatic heterocycles. The normalized spacial score (nSPS) is 20.5. The Bertz CT molecular complexity index is 1040. The van der Waals surface area contributed by atoms with Gasteiger partial charge in [-0.1, -0.05) is 19.1 Å². The zero-order chi connectivity index (χ0) is 21.4. The SMILES string of the molecule is Cc1cc(NC(=O)C(=O)N2C[C@@H](C)CC[C@@H]2c2ccc3c(c2)CC(=O)N3)cnc1N. The Labute approximate surface area is 174 Å². The van der Waals surface area contributed by atoms with E-state index in [1.807, 2.05) is 18.2 Å². The number of piperidine rings is 1. The van der Waals surface area contributed by atoms with Gasteiger partial charge in [-0.25, -0.2) is 4.98 Å². The minimum atomic E-state index is -0.696. The van der Waals surface area contributed by atoms with Gasteiger partial charge >= 0.3 is 11.8 Å². The summed E-state index contributed by atoms with van der Waals surface area (Å²) in [5.74, 6) is -0.613. The lowest BCUT2D eigenvalue weighted by molar-refractivity contribution is -0.146. The fourth-order valence-electron chi connectivity index (χ4n) is 4.15. The molecule has 0 bridgehead atoms. The molecule has 4 rings (SSSR count). The van der Waals surface area contributed by atoms with Crippen molar-refractivity contribution in [1.29, 1.82) is 0 Å². The van der Waals surface area contributed by atoms with Crippen molar-refractivity contribution in [3.63, 3.8) is 0 Å². The topological polar surface area (TPSA) is 117 Å². The van der Waals surface area contributed by atoms with Crippen LogP contribution in [-0.2, 0) is 20.8 Å². The van der Waals surface area contributed by atoms with Crippen molar-refractivity contribution >= 4 is 34.9 Å². The van der Waals surface area contributed by atoms with Crippen LogP contribution in [0.3, 0.4) is 0 Å². The first kappa shape index (κ1) is 19.9. The molecule has 2 atom stereocenters. The summed E-state index contributed by atoms with van der Waals surface area (Å²) in [6.07, 6.45) is 3.51. The molecule has 1 saturated heterocycles. The number of likely N-dealkylation sites (tertiary alicyclic amines) is 1. The van der Waals surface area contributed by atoms with Crippen LogP contribution in [0.25, 0.3) is 0 Å². The maximum Gasteiger partial charge on any atom is 0.313 e. The Hall–Kier alpha value is -3.42. The number of benzene rings is 1. The first-order valence-electron chi connectivity index (χ1n) is 10.1. The summed E-state index contributed by atoms with van der Waals surface area (Å²) in [4.78, 5) is 43.1. The highest BCUT2D eigenvalue weighted by atomic mass is 16.2. The second-order valence-electron chi connectivity index (χ2n) is 8.18. The molecule has 1 aromatic carbocycles. The van der Waals surface area contributed by atoms with Crippen LogP contribution in [0.1, 0.15) is 42.5 Å². The van der Waals surface area contributed by atoms with Crippen LogP contribution in [0.15, 0.2) is 30.5 Å². The highest BCUT2D eigenvalue weighted by Crippen LogP contribution is 2.36. The van der Waals surface area contributed by atoms with E-state index in [1.165, 1.54) is 6.20 Å². The Kier molecular flexibility index (Phi) is 5.15. The Morgan fingerprint density at radius 1 is 1.27 bits per heavy atom. The molecule has 3 amide bonds. The number of fused-ring (bicyclic) bond motifs is 1. The van der Waals surface area contributed by atoms with Crippen molar-refractivity contribution in [2.45, 2.75) is 39.2 Å². The van der Waals surface area contributed by atoms with E-state index >= 15 is 0 Å². The van der Waals surface area contributed by atoms with Gasteiger partial charge in [0, 0.05) is 12.2 Å². The molecular weight excluding hydrogens is 382 g/mol. The number of aryl methyl sites for hydroxylation is 1. The van der Waals surface area contributed by atoms with Gasteiger partial charge in [0.15, 0.2) is 0 Å². The van der Waals surface area contributed by atoms with Crippen LogP contribution in [0.5, 0.6) is 0 Å². The van der Waals surface area contributed by atoms with Crippen molar-refractivity contribution in [3.8, 4) is 0 Å². The third-order valence-electron chi connectivity index (χ3n) is 5.79. The molecule has 4 N–H and O–H groups in total. The molecule has 2 aromatic rings. The maximum absolute atomic E-state index is 13.1. The highest BCUT2D eigenvalue weighted by Gasteiger charge is 2.35. The van der Waals surface area contributed by atoms with Gasteiger partial charge in [-0.05, 0) is 54.5 Å². The van der Waals surface area contributed by atoms with Crippen LogP contribution in [0.4, 0.5) is 17.2 Å². The van der Waals surface area contributed by atoms with Crippen molar-refractivity contribution in [2.75, 3.05) is 22.9 Å². The maximum atomic E-state index is 13.1. The number of carbonyl (C=O) groups excluding carboxylic acids is 3. The molecule has 30 heavy (non-hydrogen) atoms. The number of pyridine rings is 1. The lowest BCUT2D eigenvalue weighted by atomic mass is 9.89. The second kappa shape index (κ2) is 7.78. The number of nitrogens with two attached hydrogens (primary N) is 1. The summed E-state index contributed by atoms with van der Waals surface area (Å²) >= 11 is 0. The van der Waals surface area contributed by atoms with E-state index in [1.54, 1.807) is 17.9 Å². The minimum absolute atomic E-state index is 0.0286. The number of nitrogen functional groups attached to an aromatic ring is 1. The van der Waals surface area contributed by atoms with Crippen molar-refractivity contribution in [3.05, 3.63) is 47.2 Å². The van der Waals surface area contributed by atoms with Crippen molar-refractivity contribution < 1.29 is 14.4 Å². The zero-order valence-electron chi connectivity index (χ0n) is 17.1. The van der Waals surface area contributed by atoms with Gasteiger partial charge < -0.3 is 21.3 Å².